The molecular weight excluding hydrogens is 316 g/mol. The lowest BCUT2D eigenvalue weighted by atomic mass is 9.76. The van der Waals surface area contributed by atoms with Crippen LogP contribution < -0.4 is 0 Å². The number of aromatic nitrogens is 2. The minimum Gasteiger partial charge on any atom is -0.298 e. The Kier molecular flexibility index (Phi) is 4.58. The van der Waals surface area contributed by atoms with Gasteiger partial charge in [-0.2, -0.15) is 5.10 Å². The zero-order valence-electron chi connectivity index (χ0n) is 15.5. The Bertz CT molecular complexity index is 637. The van der Waals surface area contributed by atoms with Crippen molar-refractivity contribution in [3.8, 4) is 0 Å². The van der Waals surface area contributed by atoms with Gasteiger partial charge in [-0.15, -0.1) is 0 Å². The molecule has 3 heterocycles. The average Bonchev–Trinajstić information content (AvgIpc) is 3.29. The lowest BCUT2D eigenvalue weighted by molar-refractivity contribution is -0.204. The van der Waals surface area contributed by atoms with Crippen LogP contribution in [0.5, 0.6) is 0 Å². The fourth-order valence-electron chi connectivity index (χ4n) is 5.12. The van der Waals surface area contributed by atoms with Crippen molar-refractivity contribution < 1.29 is 9.63 Å². The molecule has 0 unspecified atom stereocenters. The first-order valence-electron chi connectivity index (χ1n) is 9.73. The van der Waals surface area contributed by atoms with E-state index >= 15 is 0 Å². The third kappa shape index (κ3) is 3.22. The van der Waals surface area contributed by atoms with Crippen molar-refractivity contribution in [2.24, 2.45) is 18.4 Å². The van der Waals surface area contributed by atoms with Crippen LogP contribution in [0.1, 0.15) is 49.8 Å². The van der Waals surface area contributed by atoms with Crippen molar-refractivity contribution in [2.45, 2.75) is 52.0 Å². The van der Waals surface area contributed by atoms with Gasteiger partial charge in [-0.05, 0) is 51.0 Å². The van der Waals surface area contributed by atoms with Crippen molar-refractivity contribution in [1.82, 2.24) is 19.7 Å². The lowest BCUT2D eigenvalue weighted by Crippen LogP contribution is -2.45. The van der Waals surface area contributed by atoms with E-state index in [0.29, 0.717) is 6.61 Å². The molecular formula is C19H30N4O2. The molecule has 1 aliphatic carbocycles. The van der Waals surface area contributed by atoms with Gasteiger partial charge in [-0.3, -0.25) is 19.2 Å². The Labute approximate surface area is 150 Å². The maximum atomic E-state index is 13.1. The summed E-state index contributed by atoms with van der Waals surface area (Å²) in [6.07, 6.45) is 8.77. The summed E-state index contributed by atoms with van der Waals surface area (Å²) in [5.41, 5.74) is 2.58. The van der Waals surface area contributed by atoms with E-state index < -0.39 is 0 Å². The molecule has 1 saturated carbocycles. The Morgan fingerprint density at radius 1 is 1.32 bits per heavy atom. The Hall–Kier alpha value is -1.40. The van der Waals surface area contributed by atoms with E-state index in [1.54, 1.807) is 5.06 Å². The number of amides is 1. The van der Waals surface area contributed by atoms with Gasteiger partial charge >= 0.3 is 0 Å². The summed E-state index contributed by atoms with van der Waals surface area (Å²) >= 11 is 0. The predicted octanol–water partition coefficient (Wildman–Crippen LogP) is 2.27. The number of rotatable bonds is 3. The summed E-state index contributed by atoms with van der Waals surface area (Å²) < 4.78 is 1.89. The smallest absolute Gasteiger partial charge is 0.249 e. The molecule has 1 spiro atoms. The van der Waals surface area contributed by atoms with Crippen molar-refractivity contribution in [3.63, 3.8) is 0 Å². The van der Waals surface area contributed by atoms with Gasteiger partial charge in [-0.25, -0.2) is 5.06 Å². The Morgan fingerprint density at radius 3 is 2.92 bits per heavy atom. The fraction of sp³-hybridized carbons (Fsp3) is 0.789. The van der Waals surface area contributed by atoms with E-state index in [4.69, 9.17) is 4.84 Å². The molecule has 0 radical (unpaired) electrons. The number of aryl methyl sites for hydroxylation is 2. The minimum absolute atomic E-state index is 0.144. The van der Waals surface area contributed by atoms with Crippen molar-refractivity contribution in [2.75, 3.05) is 26.2 Å². The van der Waals surface area contributed by atoms with Crippen LogP contribution in [0, 0.1) is 18.3 Å². The number of hydrogen-bond acceptors (Lipinski definition) is 4. The van der Waals surface area contributed by atoms with Crippen LogP contribution in [0.4, 0.5) is 0 Å². The predicted molar refractivity (Wildman–Crippen MR) is 94.5 cm³/mol. The highest BCUT2D eigenvalue weighted by Crippen LogP contribution is 2.50. The van der Waals surface area contributed by atoms with Gasteiger partial charge in [0.1, 0.15) is 0 Å². The minimum atomic E-state index is 0.144. The molecule has 0 bridgehead atoms. The molecule has 4 rings (SSSR count). The summed E-state index contributed by atoms with van der Waals surface area (Å²) in [5, 5.41) is 6.13. The molecule has 2 saturated heterocycles. The van der Waals surface area contributed by atoms with Crippen molar-refractivity contribution in [1.29, 1.82) is 0 Å². The molecule has 138 valence electrons. The van der Waals surface area contributed by atoms with Gasteiger partial charge in [-0.1, -0.05) is 6.42 Å². The highest BCUT2D eigenvalue weighted by Gasteiger charge is 2.51. The number of carbonyl (C=O) groups is 1. The monoisotopic (exact) mass is 346 g/mol. The highest BCUT2D eigenvalue weighted by molar-refractivity contribution is 5.79. The van der Waals surface area contributed by atoms with E-state index in [-0.39, 0.29) is 17.2 Å². The number of likely N-dealkylation sites (tertiary alicyclic amines) is 1. The molecule has 2 atom stereocenters. The number of carbonyl (C=O) groups excluding carboxylic acids is 1. The van der Waals surface area contributed by atoms with Crippen LogP contribution in [0.3, 0.4) is 0 Å². The molecule has 1 aromatic heterocycles. The Balaban J connectivity index is 1.44. The second-order valence-electron chi connectivity index (χ2n) is 8.16. The second-order valence-corrected chi connectivity index (χ2v) is 8.16. The fourth-order valence-corrected chi connectivity index (χ4v) is 5.12. The molecule has 0 N–H and O–H groups in total. The van der Waals surface area contributed by atoms with Crippen LogP contribution in [0.2, 0.25) is 0 Å². The number of hydrogen-bond donors (Lipinski definition) is 0. The maximum Gasteiger partial charge on any atom is 0.249 e. The molecule has 6 nitrogen and oxygen atoms in total. The second kappa shape index (κ2) is 6.72. The normalized spacial score (nSPS) is 30.5. The van der Waals surface area contributed by atoms with E-state index in [9.17, 15) is 4.79 Å². The molecule has 6 heteroatoms. The SMILES string of the molecule is Cc1nn(C)cc1CN1CC[C@@]2(CCC[C@H]2C(=O)N2CCCCO2)C1. The zero-order chi connectivity index (χ0) is 17.4. The van der Waals surface area contributed by atoms with Gasteiger partial charge in [0.05, 0.1) is 12.3 Å². The summed E-state index contributed by atoms with van der Waals surface area (Å²) in [7, 11) is 1.98. The summed E-state index contributed by atoms with van der Waals surface area (Å²) in [5.74, 6) is 0.391. The van der Waals surface area contributed by atoms with Crippen LogP contribution >= 0.6 is 0 Å². The lowest BCUT2D eigenvalue weighted by Gasteiger charge is -2.35. The van der Waals surface area contributed by atoms with Gasteiger partial charge in [0, 0.05) is 44.4 Å². The van der Waals surface area contributed by atoms with Crippen LogP contribution in [0.15, 0.2) is 6.20 Å². The highest BCUT2D eigenvalue weighted by atomic mass is 16.7. The van der Waals surface area contributed by atoms with Crippen LogP contribution in [-0.4, -0.2) is 51.9 Å². The molecule has 1 aromatic rings. The molecule has 3 aliphatic rings. The third-order valence-electron chi connectivity index (χ3n) is 6.43. The molecule has 25 heavy (non-hydrogen) atoms. The topological polar surface area (TPSA) is 50.6 Å². The van der Waals surface area contributed by atoms with Gasteiger partial charge in [0.2, 0.25) is 5.91 Å². The van der Waals surface area contributed by atoms with Crippen LogP contribution in [-0.2, 0) is 23.2 Å². The quantitative estimate of drug-likeness (QED) is 0.842. The van der Waals surface area contributed by atoms with E-state index in [0.717, 1.165) is 57.6 Å². The molecule has 1 amide bonds. The van der Waals surface area contributed by atoms with E-state index in [1.165, 1.54) is 18.4 Å². The summed E-state index contributed by atoms with van der Waals surface area (Å²) in [6, 6.07) is 0. The van der Waals surface area contributed by atoms with Gasteiger partial charge in [0.15, 0.2) is 0 Å². The Morgan fingerprint density at radius 2 is 2.20 bits per heavy atom. The van der Waals surface area contributed by atoms with E-state index in [1.807, 2.05) is 11.7 Å². The molecule has 0 aromatic carbocycles. The van der Waals surface area contributed by atoms with Gasteiger partial charge < -0.3 is 0 Å². The summed E-state index contributed by atoms with van der Waals surface area (Å²) in [6.45, 7) is 6.60. The third-order valence-corrected chi connectivity index (χ3v) is 6.43. The van der Waals surface area contributed by atoms with Gasteiger partial charge in [0.25, 0.3) is 0 Å². The van der Waals surface area contributed by atoms with Crippen molar-refractivity contribution in [3.05, 3.63) is 17.5 Å². The summed E-state index contributed by atoms with van der Waals surface area (Å²) in [4.78, 5) is 21.2. The first kappa shape index (κ1) is 17.0. The largest absolute Gasteiger partial charge is 0.298 e. The maximum absolute atomic E-state index is 13.1. The zero-order valence-corrected chi connectivity index (χ0v) is 15.5. The van der Waals surface area contributed by atoms with Crippen LogP contribution in [0.25, 0.3) is 0 Å². The van der Waals surface area contributed by atoms with E-state index in [2.05, 4.69) is 23.1 Å². The first-order valence-corrected chi connectivity index (χ1v) is 9.73. The molecule has 3 fully saturated rings. The standard InChI is InChI=1S/C19H30N4O2/c1-15-16(12-21(2)20-15)13-22-10-8-19(14-22)7-5-6-17(19)18(24)23-9-3-4-11-25-23/h12,17H,3-11,13-14H2,1-2H3/t17-,19-/m0/s1. The van der Waals surface area contributed by atoms with Crippen molar-refractivity contribution >= 4 is 5.91 Å². The first-order chi connectivity index (χ1) is 12.1. The molecule has 2 aliphatic heterocycles. The number of hydroxylamine groups is 2. The average molecular weight is 346 g/mol. The number of nitrogens with zero attached hydrogens (tertiary/aromatic N) is 4.